The smallest absolute Gasteiger partial charge is 0.290 e. The number of phenols is 1. The van der Waals surface area contributed by atoms with Crippen LogP contribution in [0.5, 0.6) is 17.2 Å². The van der Waals surface area contributed by atoms with Gasteiger partial charge in [-0.3, -0.25) is 14.5 Å². The molecule has 1 aromatic heterocycles. The van der Waals surface area contributed by atoms with E-state index in [1.54, 1.807) is 18.5 Å². The van der Waals surface area contributed by atoms with Gasteiger partial charge in [-0.15, -0.1) is 0 Å². The van der Waals surface area contributed by atoms with E-state index in [1.807, 2.05) is 30.5 Å². The molecule has 0 saturated carbocycles. The topological polar surface area (TPSA) is 128 Å². The highest BCUT2D eigenvalue weighted by Crippen LogP contribution is 2.35. The fourth-order valence-corrected chi connectivity index (χ4v) is 4.38. The minimum atomic E-state index is -0.250. The number of aryl methyl sites for hydroxylation is 1. The Morgan fingerprint density at radius 2 is 2.03 bits per heavy atom. The number of imidazole rings is 1. The van der Waals surface area contributed by atoms with Crippen molar-refractivity contribution in [3.8, 4) is 17.2 Å². The van der Waals surface area contributed by atoms with E-state index >= 15 is 0 Å². The Balaban J connectivity index is 0.000000821. The summed E-state index contributed by atoms with van der Waals surface area (Å²) in [5.41, 5.74) is 3.12. The highest BCUT2D eigenvalue weighted by molar-refractivity contribution is 5.76. The Labute approximate surface area is 191 Å². The van der Waals surface area contributed by atoms with Gasteiger partial charge in [-0.05, 0) is 41.8 Å². The van der Waals surface area contributed by atoms with Gasteiger partial charge in [-0.1, -0.05) is 18.2 Å². The molecule has 9 nitrogen and oxygen atoms in total. The van der Waals surface area contributed by atoms with E-state index in [1.165, 1.54) is 0 Å². The number of aromatic hydroxyl groups is 1. The number of phenolic OH excluding ortho intramolecular Hbond substituents is 1. The fraction of sp³-hybridized carbons (Fsp3) is 0.292. The highest BCUT2D eigenvalue weighted by Gasteiger charge is 2.35. The molecule has 0 aliphatic carbocycles. The third-order valence-corrected chi connectivity index (χ3v) is 5.87. The molecule has 3 aromatic rings. The van der Waals surface area contributed by atoms with Crippen molar-refractivity contribution in [2.75, 3.05) is 13.1 Å². The van der Waals surface area contributed by atoms with Crippen LogP contribution in [0.25, 0.3) is 0 Å². The van der Waals surface area contributed by atoms with Crippen molar-refractivity contribution in [2.45, 2.75) is 31.3 Å². The number of rotatable bonds is 2. The lowest BCUT2D eigenvalue weighted by Crippen LogP contribution is -2.39. The first-order chi connectivity index (χ1) is 16.1. The normalized spacial score (nSPS) is 19.9. The molecule has 1 saturated heterocycles. The number of H-pyrrole nitrogens is 1. The van der Waals surface area contributed by atoms with Gasteiger partial charge in [0.25, 0.3) is 6.47 Å². The van der Waals surface area contributed by atoms with Gasteiger partial charge in [0.1, 0.15) is 5.75 Å². The fourth-order valence-electron chi connectivity index (χ4n) is 4.38. The van der Waals surface area contributed by atoms with Crippen LogP contribution in [0.4, 0.5) is 0 Å². The summed E-state index contributed by atoms with van der Waals surface area (Å²) >= 11 is 0. The minimum Gasteiger partial charge on any atom is -0.504 e. The number of ether oxygens (including phenoxy) is 1. The summed E-state index contributed by atoms with van der Waals surface area (Å²) < 4.78 is 6.01. The maximum atomic E-state index is 12.7. The molecule has 0 unspecified atom stereocenters. The van der Waals surface area contributed by atoms with Crippen LogP contribution in [0.2, 0.25) is 0 Å². The van der Waals surface area contributed by atoms with Gasteiger partial charge in [-0.2, -0.15) is 0 Å². The van der Waals surface area contributed by atoms with Crippen molar-refractivity contribution in [2.24, 2.45) is 0 Å². The number of carbonyl (C=O) groups excluding carboxylic acids is 1. The molecule has 5 rings (SSSR count). The largest absolute Gasteiger partial charge is 0.504 e. The second kappa shape index (κ2) is 10.2. The van der Waals surface area contributed by atoms with Gasteiger partial charge in [0.05, 0.1) is 6.33 Å². The van der Waals surface area contributed by atoms with Crippen LogP contribution in [0.3, 0.4) is 0 Å². The summed E-state index contributed by atoms with van der Waals surface area (Å²) in [5, 5.41) is 20.3. The minimum absolute atomic E-state index is 0.0212. The molecular formula is C24H26N4O5. The number of aromatic amines is 1. The molecule has 0 spiro atoms. The predicted molar refractivity (Wildman–Crippen MR) is 120 cm³/mol. The molecule has 2 aliphatic heterocycles. The zero-order valence-corrected chi connectivity index (χ0v) is 18.0. The maximum Gasteiger partial charge on any atom is 0.290 e. The highest BCUT2D eigenvalue weighted by atomic mass is 16.5. The molecule has 172 valence electrons. The lowest BCUT2D eigenvalue weighted by molar-refractivity contribution is -0.123. The second-order valence-electron chi connectivity index (χ2n) is 8.13. The molecule has 2 aliphatic rings. The average molecular weight is 450 g/mol. The zero-order valence-electron chi connectivity index (χ0n) is 18.0. The number of amides is 1. The van der Waals surface area contributed by atoms with Crippen molar-refractivity contribution in [1.29, 1.82) is 0 Å². The second-order valence-corrected chi connectivity index (χ2v) is 8.13. The number of hydrogen-bond acceptors (Lipinski definition) is 6. The molecule has 1 fully saturated rings. The Bertz CT molecular complexity index is 1100. The molecule has 3 heterocycles. The molecule has 0 radical (unpaired) electrons. The van der Waals surface area contributed by atoms with Crippen LogP contribution in [0.1, 0.15) is 29.2 Å². The van der Waals surface area contributed by atoms with Crippen molar-refractivity contribution in [3.05, 3.63) is 71.8 Å². The number of likely N-dealkylation sites (tertiary alicyclic amines) is 1. The zero-order chi connectivity index (χ0) is 23.2. The number of nitrogens with zero attached hydrogens (tertiary/aromatic N) is 2. The summed E-state index contributed by atoms with van der Waals surface area (Å²) in [6.45, 7) is 2.11. The number of aromatic nitrogens is 2. The molecule has 1 amide bonds. The first kappa shape index (κ1) is 22.3. The molecule has 2 atom stereocenters. The lowest BCUT2D eigenvalue weighted by atomic mass is 9.94. The van der Waals surface area contributed by atoms with Crippen LogP contribution in [0, 0.1) is 0 Å². The molecular weight excluding hydrogens is 424 g/mol. The van der Waals surface area contributed by atoms with E-state index in [9.17, 15) is 9.90 Å². The van der Waals surface area contributed by atoms with Gasteiger partial charge in [0, 0.05) is 49.9 Å². The molecule has 9 heteroatoms. The van der Waals surface area contributed by atoms with E-state index in [-0.39, 0.29) is 30.1 Å². The summed E-state index contributed by atoms with van der Waals surface area (Å²) in [5.74, 6) is 1.37. The molecule has 4 bridgehead atoms. The number of carboxylic acid groups (broad SMARTS) is 1. The van der Waals surface area contributed by atoms with Crippen molar-refractivity contribution in [1.82, 2.24) is 20.2 Å². The predicted octanol–water partition coefficient (Wildman–Crippen LogP) is 2.64. The van der Waals surface area contributed by atoms with E-state index in [0.29, 0.717) is 24.3 Å². The SMILES string of the molecule is O=C1CCc2ccc(O)c(c2)Oc2cccc(c2)[C@@H]2CN(Cc3cnc[nH]3)C[C@H]2N1.O=CO. The first-order valence-electron chi connectivity index (χ1n) is 10.7. The standard InChI is InChI=1S/C23H24N4O3.CH2O2/c28-21-6-4-15-5-7-23(29)26-20-13-27(11-17-10-24-14-25-17)12-19(20)16-2-1-3-18(9-16)30-22(21)8-15;2-1-3/h1-4,6,8-10,14,19-20,28H,5,7,11-13H2,(H,24,25)(H,26,29);1H,(H,2,3)/t19-,20+;/m0./s1. The average Bonchev–Trinajstić information content (AvgIpc) is 3.45. The van der Waals surface area contributed by atoms with Crippen molar-refractivity contribution in [3.63, 3.8) is 0 Å². The van der Waals surface area contributed by atoms with Crippen LogP contribution in [-0.4, -0.2) is 56.6 Å². The van der Waals surface area contributed by atoms with Crippen molar-refractivity contribution >= 4 is 12.4 Å². The van der Waals surface area contributed by atoms with Crippen LogP contribution < -0.4 is 10.1 Å². The van der Waals surface area contributed by atoms with E-state index in [4.69, 9.17) is 14.6 Å². The summed E-state index contributed by atoms with van der Waals surface area (Å²) in [7, 11) is 0. The third-order valence-electron chi connectivity index (χ3n) is 5.87. The lowest BCUT2D eigenvalue weighted by Gasteiger charge is -2.20. The Morgan fingerprint density at radius 1 is 1.18 bits per heavy atom. The Hall–Kier alpha value is -3.85. The monoisotopic (exact) mass is 450 g/mol. The maximum absolute atomic E-state index is 12.7. The summed E-state index contributed by atoms with van der Waals surface area (Å²) in [6, 6.07) is 13.2. The summed E-state index contributed by atoms with van der Waals surface area (Å²) in [6.07, 6.45) is 4.51. The van der Waals surface area contributed by atoms with E-state index in [0.717, 1.165) is 36.5 Å². The van der Waals surface area contributed by atoms with Crippen molar-refractivity contribution < 1.29 is 24.5 Å². The van der Waals surface area contributed by atoms with Gasteiger partial charge < -0.3 is 25.3 Å². The summed E-state index contributed by atoms with van der Waals surface area (Å²) in [4.78, 5) is 30.7. The number of hydrogen-bond donors (Lipinski definition) is 4. The molecule has 4 N–H and O–H groups in total. The third kappa shape index (κ3) is 5.50. The Kier molecular flexibility index (Phi) is 6.89. The first-order valence-corrected chi connectivity index (χ1v) is 10.7. The number of benzene rings is 2. The Morgan fingerprint density at radius 3 is 2.82 bits per heavy atom. The quantitative estimate of drug-likeness (QED) is 0.442. The van der Waals surface area contributed by atoms with E-state index in [2.05, 4.69) is 26.3 Å². The van der Waals surface area contributed by atoms with Crippen LogP contribution in [0.15, 0.2) is 55.0 Å². The van der Waals surface area contributed by atoms with Gasteiger partial charge >= 0.3 is 0 Å². The van der Waals surface area contributed by atoms with Gasteiger partial charge in [-0.25, -0.2) is 4.98 Å². The number of fused-ring (bicyclic) bond motifs is 6. The molecule has 33 heavy (non-hydrogen) atoms. The van der Waals surface area contributed by atoms with Gasteiger partial charge in [0.2, 0.25) is 5.91 Å². The number of nitrogens with one attached hydrogen (secondary N) is 2. The van der Waals surface area contributed by atoms with E-state index < -0.39 is 0 Å². The number of carbonyl (C=O) groups is 2. The molecule has 2 aromatic carbocycles. The van der Waals surface area contributed by atoms with Gasteiger partial charge in [0.15, 0.2) is 11.5 Å². The van der Waals surface area contributed by atoms with Crippen LogP contribution >= 0.6 is 0 Å². The van der Waals surface area contributed by atoms with Crippen LogP contribution in [-0.2, 0) is 22.6 Å².